The highest BCUT2D eigenvalue weighted by Gasteiger charge is 2.10. The molecular weight excluding hydrogens is 174 g/mol. The van der Waals surface area contributed by atoms with Gasteiger partial charge in [-0.1, -0.05) is 23.7 Å². The molecule has 1 rings (SSSR count). The van der Waals surface area contributed by atoms with E-state index in [4.69, 9.17) is 11.6 Å². The lowest BCUT2D eigenvalue weighted by Gasteiger charge is -2.10. The van der Waals surface area contributed by atoms with E-state index in [1.165, 1.54) is 4.90 Å². The number of benzene rings is 1. The fourth-order valence-electron chi connectivity index (χ4n) is 0.876. The van der Waals surface area contributed by atoms with Crippen LogP contribution in [0.3, 0.4) is 0 Å². The Hall–Kier alpha value is -1.02. The van der Waals surface area contributed by atoms with E-state index in [0.717, 1.165) is 0 Å². The van der Waals surface area contributed by atoms with Crippen LogP contribution in [-0.4, -0.2) is 24.9 Å². The van der Waals surface area contributed by atoms with Gasteiger partial charge in [0, 0.05) is 14.1 Å². The maximum absolute atomic E-state index is 11.4. The summed E-state index contributed by atoms with van der Waals surface area (Å²) in [4.78, 5) is 12.9. The molecule has 64 valence electrons. The van der Waals surface area contributed by atoms with Gasteiger partial charge in [0.2, 0.25) is 0 Å². The van der Waals surface area contributed by atoms with E-state index < -0.39 is 0 Å². The van der Waals surface area contributed by atoms with Crippen LogP contribution in [0.4, 0.5) is 0 Å². The number of halogens is 1. The molecule has 0 heterocycles. The standard InChI is InChI=1S/C9H10ClNO/c1-11(2)9(12)7-5-3-4-6-8(7)10/h3-6H,1-2H3. The second-order valence-electron chi connectivity index (χ2n) is 2.68. The quantitative estimate of drug-likeness (QED) is 0.653. The zero-order valence-electron chi connectivity index (χ0n) is 7.04. The monoisotopic (exact) mass is 183 g/mol. The van der Waals surface area contributed by atoms with Crippen LogP contribution in [0, 0.1) is 0 Å². The van der Waals surface area contributed by atoms with Gasteiger partial charge in [-0.2, -0.15) is 0 Å². The highest BCUT2D eigenvalue weighted by molar-refractivity contribution is 6.33. The Labute approximate surface area is 76.8 Å². The molecule has 0 fully saturated rings. The Balaban J connectivity index is 3.03. The average molecular weight is 184 g/mol. The molecule has 2 nitrogen and oxygen atoms in total. The van der Waals surface area contributed by atoms with E-state index in [9.17, 15) is 4.79 Å². The minimum Gasteiger partial charge on any atom is -0.345 e. The summed E-state index contributed by atoms with van der Waals surface area (Å²) in [5, 5.41) is 0.496. The molecule has 0 atom stereocenters. The van der Waals surface area contributed by atoms with Crippen LogP contribution < -0.4 is 0 Å². The molecule has 0 saturated heterocycles. The predicted octanol–water partition coefficient (Wildman–Crippen LogP) is 2.04. The Kier molecular flexibility index (Phi) is 2.71. The minimum absolute atomic E-state index is 0.0689. The summed E-state index contributed by atoms with van der Waals surface area (Å²) < 4.78 is 0. The Bertz CT molecular complexity index is 296. The van der Waals surface area contributed by atoms with Crippen molar-refractivity contribution in [3.8, 4) is 0 Å². The summed E-state index contributed by atoms with van der Waals surface area (Å²) in [6.45, 7) is 0. The molecular formula is C9H10ClNO. The summed E-state index contributed by atoms with van der Waals surface area (Å²) >= 11 is 5.82. The van der Waals surface area contributed by atoms with Gasteiger partial charge < -0.3 is 4.90 Å². The Morgan fingerprint density at radius 2 is 1.92 bits per heavy atom. The average Bonchev–Trinajstić information content (AvgIpc) is 2.04. The molecule has 0 unspecified atom stereocenters. The maximum Gasteiger partial charge on any atom is 0.254 e. The molecule has 0 radical (unpaired) electrons. The third-order valence-corrected chi connectivity index (χ3v) is 1.84. The number of nitrogens with zero attached hydrogens (tertiary/aromatic N) is 1. The molecule has 1 aromatic rings. The summed E-state index contributed by atoms with van der Waals surface area (Å²) in [6.07, 6.45) is 0. The summed E-state index contributed by atoms with van der Waals surface area (Å²) in [5.74, 6) is -0.0689. The van der Waals surface area contributed by atoms with Crippen molar-refractivity contribution >= 4 is 17.5 Å². The topological polar surface area (TPSA) is 20.3 Å². The van der Waals surface area contributed by atoms with E-state index in [2.05, 4.69) is 0 Å². The number of carbonyl (C=O) groups excluding carboxylic acids is 1. The highest BCUT2D eigenvalue weighted by Crippen LogP contribution is 2.15. The molecule has 0 aromatic heterocycles. The van der Waals surface area contributed by atoms with E-state index in [-0.39, 0.29) is 5.91 Å². The van der Waals surface area contributed by atoms with E-state index in [1.54, 1.807) is 38.4 Å². The number of carbonyl (C=O) groups is 1. The van der Waals surface area contributed by atoms with Crippen LogP contribution >= 0.6 is 11.6 Å². The van der Waals surface area contributed by atoms with Gasteiger partial charge in [-0.25, -0.2) is 0 Å². The van der Waals surface area contributed by atoms with Gasteiger partial charge in [0.05, 0.1) is 10.6 Å². The predicted molar refractivity (Wildman–Crippen MR) is 49.5 cm³/mol. The lowest BCUT2D eigenvalue weighted by atomic mass is 10.2. The Morgan fingerprint density at radius 3 is 2.42 bits per heavy atom. The van der Waals surface area contributed by atoms with Crippen molar-refractivity contribution in [1.29, 1.82) is 0 Å². The zero-order valence-corrected chi connectivity index (χ0v) is 7.80. The van der Waals surface area contributed by atoms with E-state index in [0.29, 0.717) is 10.6 Å². The smallest absolute Gasteiger partial charge is 0.254 e. The van der Waals surface area contributed by atoms with Gasteiger partial charge in [0.15, 0.2) is 0 Å². The van der Waals surface area contributed by atoms with Gasteiger partial charge >= 0.3 is 0 Å². The van der Waals surface area contributed by atoms with Gasteiger partial charge in [-0.05, 0) is 12.1 Å². The second kappa shape index (κ2) is 3.59. The molecule has 1 amide bonds. The molecule has 1 aromatic carbocycles. The first kappa shape index (κ1) is 9.07. The molecule has 0 aliphatic carbocycles. The highest BCUT2D eigenvalue weighted by atomic mass is 35.5. The number of hydrogen-bond acceptors (Lipinski definition) is 1. The van der Waals surface area contributed by atoms with Crippen molar-refractivity contribution in [1.82, 2.24) is 4.90 Å². The Morgan fingerprint density at radius 1 is 1.33 bits per heavy atom. The fraction of sp³-hybridized carbons (Fsp3) is 0.222. The van der Waals surface area contributed by atoms with E-state index >= 15 is 0 Å². The van der Waals surface area contributed by atoms with Crippen molar-refractivity contribution in [2.45, 2.75) is 0 Å². The largest absolute Gasteiger partial charge is 0.345 e. The van der Waals surface area contributed by atoms with Crippen molar-refractivity contribution in [2.75, 3.05) is 14.1 Å². The molecule has 0 N–H and O–H groups in total. The summed E-state index contributed by atoms with van der Waals surface area (Å²) in [7, 11) is 3.40. The van der Waals surface area contributed by atoms with Gasteiger partial charge in [-0.15, -0.1) is 0 Å². The summed E-state index contributed by atoms with van der Waals surface area (Å²) in [6, 6.07) is 7.01. The van der Waals surface area contributed by atoms with Crippen molar-refractivity contribution < 1.29 is 4.79 Å². The van der Waals surface area contributed by atoms with Crippen LogP contribution in [0.2, 0.25) is 5.02 Å². The molecule has 0 aliphatic rings. The first-order valence-corrected chi connectivity index (χ1v) is 3.97. The molecule has 0 bridgehead atoms. The SMILES string of the molecule is CN(C)C(=O)c1ccccc1Cl. The minimum atomic E-state index is -0.0689. The first-order valence-electron chi connectivity index (χ1n) is 3.59. The van der Waals surface area contributed by atoms with Gasteiger partial charge in [0.25, 0.3) is 5.91 Å². The van der Waals surface area contributed by atoms with Gasteiger partial charge in [0.1, 0.15) is 0 Å². The number of rotatable bonds is 1. The van der Waals surface area contributed by atoms with Crippen LogP contribution in [0.15, 0.2) is 24.3 Å². The lowest BCUT2D eigenvalue weighted by Crippen LogP contribution is -2.21. The van der Waals surface area contributed by atoms with Crippen LogP contribution in [0.5, 0.6) is 0 Å². The molecule has 0 saturated carbocycles. The van der Waals surface area contributed by atoms with Gasteiger partial charge in [-0.3, -0.25) is 4.79 Å². The third-order valence-electron chi connectivity index (χ3n) is 1.51. The normalized spacial score (nSPS) is 9.58. The fourth-order valence-corrected chi connectivity index (χ4v) is 1.09. The lowest BCUT2D eigenvalue weighted by molar-refractivity contribution is 0.0828. The third kappa shape index (κ3) is 1.77. The second-order valence-corrected chi connectivity index (χ2v) is 3.09. The number of amides is 1. The van der Waals surface area contributed by atoms with Crippen LogP contribution in [-0.2, 0) is 0 Å². The van der Waals surface area contributed by atoms with Crippen molar-refractivity contribution in [3.05, 3.63) is 34.9 Å². The molecule has 0 spiro atoms. The molecule has 0 aliphatic heterocycles. The van der Waals surface area contributed by atoms with Crippen LogP contribution in [0.1, 0.15) is 10.4 Å². The van der Waals surface area contributed by atoms with E-state index in [1.807, 2.05) is 0 Å². The van der Waals surface area contributed by atoms with Crippen molar-refractivity contribution in [3.63, 3.8) is 0 Å². The number of hydrogen-bond donors (Lipinski definition) is 0. The molecule has 3 heteroatoms. The molecule has 12 heavy (non-hydrogen) atoms. The first-order chi connectivity index (χ1) is 5.63. The van der Waals surface area contributed by atoms with Crippen molar-refractivity contribution in [2.24, 2.45) is 0 Å². The summed E-state index contributed by atoms with van der Waals surface area (Å²) in [5.41, 5.74) is 0.546. The zero-order chi connectivity index (χ0) is 9.14. The maximum atomic E-state index is 11.4. The van der Waals surface area contributed by atoms with Crippen LogP contribution in [0.25, 0.3) is 0 Å².